The Hall–Kier alpha value is -3.32. The molecule has 0 fully saturated rings. The fourth-order valence-electron chi connectivity index (χ4n) is 2.29. The van der Waals surface area contributed by atoms with E-state index < -0.39 is 5.97 Å². The smallest absolute Gasteiger partial charge is 0.161 e. The van der Waals surface area contributed by atoms with Crippen LogP contribution in [0.5, 0.6) is 11.5 Å². The van der Waals surface area contributed by atoms with Gasteiger partial charge in [0.2, 0.25) is 0 Å². The standard InChI is InChI=1S/C20H18N2O4S/c1-25-19-11-14(4-9-18(19)26-13-17-3-2-10-27-17)12-21-22-16-7-5-15(6-8-16)20(23)24/h2-12,22H,13H2,1H3,(H,23,24)/p-1/b21-12-. The number of hydrogen-bond donors (Lipinski definition) is 1. The first-order chi connectivity index (χ1) is 13.2. The van der Waals surface area contributed by atoms with Crippen LogP contribution in [0.1, 0.15) is 20.8 Å². The lowest BCUT2D eigenvalue weighted by molar-refractivity contribution is -0.255. The number of nitrogens with one attached hydrogen (secondary N) is 1. The van der Waals surface area contributed by atoms with Gasteiger partial charge in [-0.2, -0.15) is 5.10 Å². The van der Waals surface area contributed by atoms with Crippen LogP contribution in [0.3, 0.4) is 0 Å². The molecule has 1 heterocycles. The number of carboxylic acids is 1. The minimum Gasteiger partial charge on any atom is -0.545 e. The summed E-state index contributed by atoms with van der Waals surface area (Å²) in [4.78, 5) is 11.9. The van der Waals surface area contributed by atoms with E-state index in [4.69, 9.17) is 9.47 Å². The number of carbonyl (C=O) groups is 1. The van der Waals surface area contributed by atoms with E-state index in [9.17, 15) is 9.90 Å². The molecule has 138 valence electrons. The quantitative estimate of drug-likeness (QED) is 0.479. The van der Waals surface area contributed by atoms with E-state index in [2.05, 4.69) is 10.5 Å². The zero-order valence-corrected chi connectivity index (χ0v) is 15.4. The molecule has 2 aromatic carbocycles. The summed E-state index contributed by atoms with van der Waals surface area (Å²) in [6.45, 7) is 0.491. The predicted octanol–water partition coefficient (Wildman–Crippen LogP) is 3.15. The van der Waals surface area contributed by atoms with Crippen LogP contribution in [0, 0.1) is 0 Å². The van der Waals surface area contributed by atoms with E-state index in [1.54, 1.807) is 36.8 Å². The third-order valence-corrected chi connectivity index (χ3v) is 4.52. The summed E-state index contributed by atoms with van der Waals surface area (Å²) in [6.07, 6.45) is 1.64. The average molecular weight is 381 g/mol. The number of benzene rings is 2. The highest BCUT2D eigenvalue weighted by molar-refractivity contribution is 7.09. The molecule has 0 unspecified atom stereocenters. The number of hydrazone groups is 1. The molecule has 0 saturated carbocycles. The van der Waals surface area contributed by atoms with Crippen molar-refractivity contribution < 1.29 is 19.4 Å². The summed E-state index contributed by atoms with van der Waals surface area (Å²) in [5, 5.41) is 16.9. The summed E-state index contributed by atoms with van der Waals surface area (Å²) < 4.78 is 11.2. The first-order valence-corrected chi connectivity index (χ1v) is 8.97. The van der Waals surface area contributed by atoms with E-state index >= 15 is 0 Å². The normalized spacial score (nSPS) is 10.7. The van der Waals surface area contributed by atoms with Gasteiger partial charge in [0.25, 0.3) is 0 Å². The third kappa shape index (κ3) is 5.08. The minimum atomic E-state index is -1.21. The number of rotatable bonds is 8. The van der Waals surface area contributed by atoms with Crippen LogP contribution in [0.15, 0.2) is 65.1 Å². The van der Waals surface area contributed by atoms with Gasteiger partial charge < -0.3 is 19.4 Å². The Bertz CT molecular complexity index is 922. The largest absolute Gasteiger partial charge is 0.545 e. The molecule has 0 saturated heterocycles. The maximum atomic E-state index is 10.7. The first kappa shape index (κ1) is 18.5. The second-order valence-corrected chi connectivity index (χ2v) is 6.55. The molecule has 27 heavy (non-hydrogen) atoms. The monoisotopic (exact) mass is 381 g/mol. The van der Waals surface area contributed by atoms with Crippen molar-refractivity contribution in [2.24, 2.45) is 5.10 Å². The van der Waals surface area contributed by atoms with E-state index in [-0.39, 0.29) is 5.56 Å². The number of aromatic carboxylic acids is 1. The van der Waals surface area contributed by atoms with Gasteiger partial charge >= 0.3 is 0 Å². The van der Waals surface area contributed by atoms with Gasteiger partial charge in [0.15, 0.2) is 11.5 Å². The number of carbonyl (C=O) groups excluding carboxylic acids is 1. The molecule has 3 rings (SSSR count). The molecule has 0 atom stereocenters. The van der Waals surface area contributed by atoms with E-state index in [0.29, 0.717) is 23.8 Å². The number of nitrogens with zero attached hydrogens (tertiary/aromatic N) is 1. The number of carboxylic acid groups (broad SMARTS) is 1. The number of ether oxygens (including phenoxy) is 2. The zero-order chi connectivity index (χ0) is 19.1. The molecular formula is C20H17N2O4S-. The molecule has 1 N–H and O–H groups in total. The van der Waals surface area contributed by atoms with Gasteiger partial charge in [0.1, 0.15) is 6.61 Å². The molecule has 0 spiro atoms. The highest BCUT2D eigenvalue weighted by Gasteiger charge is 2.06. The molecule has 0 aliphatic heterocycles. The van der Waals surface area contributed by atoms with Crippen molar-refractivity contribution in [2.75, 3.05) is 12.5 Å². The zero-order valence-electron chi connectivity index (χ0n) is 14.5. The summed E-state index contributed by atoms with van der Waals surface area (Å²) in [5.74, 6) is 0.0706. The maximum Gasteiger partial charge on any atom is 0.161 e. The average Bonchev–Trinajstić information content (AvgIpc) is 3.21. The van der Waals surface area contributed by atoms with Crippen molar-refractivity contribution >= 4 is 29.2 Å². The minimum absolute atomic E-state index is 0.118. The number of hydrogen-bond acceptors (Lipinski definition) is 7. The molecule has 1 aromatic heterocycles. The SMILES string of the molecule is COc1cc(/C=N\Nc2ccc(C(=O)[O-])cc2)ccc1OCc1cccs1. The highest BCUT2D eigenvalue weighted by atomic mass is 32.1. The van der Waals surface area contributed by atoms with Crippen molar-refractivity contribution in [1.82, 2.24) is 0 Å². The van der Waals surface area contributed by atoms with Crippen LogP contribution < -0.4 is 20.0 Å². The van der Waals surface area contributed by atoms with Crippen LogP contribution in [0.25, 0.3) is 0 Å². The van der Waals surface area contributed by atoms with Gasteiger partial charge in [-0.1, -0.05) is 18.2 Å². The topological polar surface area (TPSA) is 83.0 Å². The van der Waals surface area contributed by atoms with Gasteiger partial charge in [-0.15, -0.1) is 11.3 Å². The van der Waals surface area contributed by atoms with E-state index in [1.165, 1.54) is 12.1 Å². The molecule has 3 aromatic rings. The second kappa shape index (κ2) is 8.86. The summed E-state index contributed by atoms with van der Waals surface area (Å²) >= 11 is 1.64. The molecule has 0 radical (unpaired) electrons. The molecule has 0 aliphatic carbocycles. The molecule has 7 heteroatoms. The van der Waals surface area contributed by atoms with Crippen molar-refractivity contribution in [1.29, 1.82) is 0 Å². The Morgan fingerprint density at radius 3 is 2.67 bits per heavy atom. The Morgan fingerprint density at radius 1 is 1.19 bits per heavy atom. The Balaban J connectivity index is 1.62. The lowest BCUT2D eigenvalue weighted by Crippen LogP contribution is -2.21. The first-order valence-electron chi connectivity index (χ1n) is 8.09. The van der Waals surface area contributed by atoms with Gasteiger partial charge in [-0.3, -0.25) is 5.43 Å². The van der Waals surface area contributed by atoms with Gasteiger partial charge in [-0.05, 0) is 52.9 Å². The lowest BCUT2D eigenvalue weighted by Gasteiger charge is -2.10. The fourth-order valence-corrected chi connectivity index (χ4v) is 2.91. The highest BCUT2D eigenvalue weighted by Crippen LogP contribution is 2.28. The van der Waals surface area contributed by atoms with Crippen molar-refractivity contribution in [3.8, 4) is 11.5 Å². The predicted molar refractivity (Wildman–Crippen MR) is 104 cm³/mol. The van der Waals surface area contributed by atoms with Crippen molar-refractivity contribution in [3.63, 3.8) is 0 Å². The lowest BCUT2D eigenvalue weighted by atomic mass is 10.2. The van der Waals surface area contributed by atoms with Gasteiger partial charge in [0, 0.05) is 4.88 Å². The van der Waals surface area contributed by atoms with Crippen molar-refractivity contribution in [3.05, 3.63) is 76.0 Å². The van der Waals surface area contributed by atoms with Crippen LogP contribution in [0.4, 0.5) is 5.69 Å². The van der Waals surface area contributed by atoms with Crippen LogP contribution in [-0.2, 0) is 6.61 Å². The molecule has 0 aliphatic rings. The fraction of sp³-hybridized carbons (Fsp3) is 0.100. The Morgan fingerprint density at radius 2 is 2.00 bits per heavy atom. The summed E-state index contributed by atoms with van der Waals surface area (Å²) in [5.41, 5.74) is 4.45. The Kier molecular flexibility index (Phi) is 6.06. The maximum absolute atomic E-state index is 10.7. The van der Waals surface area contributed by atoms with Crippen molar-refractivity contribution in [2.45, 2.75) is 6.61 Å². The summed E-state index contributed by atoms with van der Waals surface area (Å²) in [7, 11) is 1.59. The van der Waals surface area contributed by atoms with E-state index in [1.807, 2.05) is 35.7 Å². The number of thiophene rings is 1. The number of anilines is 1. The molecule has 0 bridgehead atoms. The number of methoxy groups -OCH3 is 1. The third-order valence-electron chi connectivity index (χ3n) is 3.67. The van der Waals surface area contributed by atoms with Crippen LogP contribution >= 0.6 is 11.3 Å². The second-order valence-electron chi connectivity index (χ2n) is 5.51. The molecular weight excluding hydrogens is 364 g/mol. The summed E-state index contributed by atoms with van der Waals surface area (Å²) in [6, 6.07) is 15.7. The Labute approximate surface area is 160 Å². The van der Waals surface area contributed by atoms with Crippen LogP contribution in [-0.4, -0.2) is 19.3 Å². The van der Waals surface area contributed by atoms with E-state index in [0.717, 1.165) is 10.4 Å². The van der Waals surface area contributed by atoms with Gasteiger partial charge in [0.05, 0.1) is 25.0 Å². The molecule has 6 nitrogen and oxygen atoms in total. The van der Waals surface area contributed by atoms with Crippen LogP contribution in [0.2, 0.25) is 0 Å². The van der Waals surface area contributed by atoms with Gasteiger partial charge in [-0.25, -0.2) is 0 Å². The molecule has 0 amide bonds.